The Hall–Kier alpha value is -1.42. The molecule has 3 nitrogen and oxygen atoms in total. The molecular formula is C13H16FNO2. The van der Waals surface area contributed by atoms with Crippen molar-refractivity contribution in [2.75, 3.05) is 13.1 Å². The zero-order valence-electron chi connectivity index (χ0n) is 9.82. The Bertz CT molecular complexity index is 408. The molecule has 1 atom stereocenters. The number of likely N-dealkylation sites (tertiary alicyclic amines) is 1. The van der Waals surface area contributed by atoms with Crippen LogP contribution < -0.4 is 0 Å². The highest BCUT2D eigenvalue weighted by molar-refractivity contribution is 5.86. The first kappa shape index (κ1) is 12.0. The highest BCUT2D eigenvalue weighted by atomic mass is 19.1. The zero-order chi connectivity index (χ0) is 12.5. The minimum atomic E-state index is -1.57. The third-order valence-corrected chi connectivity index (χ3v) is 3.22. The third-order valence-electron chi connectivity index (χ3n) is 3.22. The lowest BCUT2D eigenvalue weighted by atomic mass is 9.94. The van der Waals surface area contributed by atoms with E-state index in [0.29, 0.717) is 18.7 Å². The average molecular weight is 237 g/mol. The first-order chi connectivity index (χ1) is 8.01. The van der Waals surface area contributed by atoms with Crippen molar-refractivity contribution in [3.8, 4) is 0 Å². The van der Waals surface area contributed by atoms with Crippen LogP contribution in [0.1, 0.15) is 25.3 Å². The minimum absolute atomic E-state index is 0.304. The molecule has 0 aromatic heterocycles. The number of aliphatic hydroxyl groups is 1. The Kier molecular flexibility index (Phi) is 3.15. The first-order valence-electron chi connectivity index (χ1n) is 5.79. The second kappa shape index (κ2) is 4.45. The molecule has 0 aliphatic carbocycles. The van der Waals surface area contributed by atoms with Crippen molar-refractivity contribution in [3.63, 3.8) is 0 Å². The summed E-state index contributed by atoms with van der Waals surface area (Å²) in [5.74, 6) is -0.681. The van der Waals surface area contributed by atoms with Crippen LogP contribution in [0.15, 0.2) is 24.3 Å². The molecule has 0 spiro atoms. The number of carbonyl (C=O) groups is 1. The molecule has 2 rings (SSSR count). The van der Waals surface area contributed by atoms with Crippen LogP contribution in [0.3, 0.4) is 0 Å². The van der Waals surface area contributed by atoms with E-state index >= 15 is 0 Å². The molecule has 17 heavy (non-hydrogen) atoms. The van der Waals surface area contributed by atoms with E-state index in [-0.39, 0.29) is 11.7 Å². The largest absolute Gasteiger partial charge is 0.376 e. The Morgan fingerprint density at radius 3 is 2.35 bits per heavy atom. The number of amides is 1. The normalized spacial score (nSPS) is 19.1. The van der Waals surface area contributed by atoms with E-state index in [1.54, 1.807) is 4.90 Å². The maximum absolute atomic E-state index is 12.8. The van der Waals surface area contributed by atoms with Crippen molar-refractivity contribution in [2.24, 2.45) is 0 Å². The second-order valence-corrected chi connectivity index (χ2v) is 4.58. The van der Waals surface area contributed by atoms with E-state index in [0.717, 1.165) is 12.8 Å². The molecule has 92 valence electrons. The smallest absolute Gasteiger partial charge is 0.258 e. The molecule has 1 N–H and O–H groups in total. The van der Waals surface area contributed by atoms with Gasteiger partial charge in [-0.15, -0.1) is 0 Å². The number of hydrogen-bond acceptors (Lipinski definition) is 2. The van der Waals surface area contributed by atoms with Crippen molar-refractivity contribution in [3.05, 3.63) is 35.6 Å². The molecule has 1 aliphatic heterocycles. The summed E-state index contributed by atoms with van der Waals surface area (Å²) in [5, 5.41) is 10.3. The van der Waals surface area contributed by atoms with E-state index in [1.165, 1.54) is 31.2 Å². The molecule has 0 bridgehead atoms. The standard InChI is InChI=1S/C13H16FNO2/c1-13(17,10-4-6-11(14)7-5-10)12(16)15-8-2-3-9-15/h4-7,17H,2-3,8-9H2,1H3. The maximum Gasteiger partial charge on any atom is 0.258 e. The number of halogens is 1. The summed E-state index contributed by atoms with van der Waals surface area (Å²) < 4.78 is 12.8. The van der Waals surface area contributed by atoms with Gasteiger partial charge in [0.1, 0.15) is 5.82 Å². The lowest BCUT2D eigenvalue weighted by Crippen LogP contribution is -2.43. The zero-order valence-corrected chi connectivity index (χ0v) is 9.82. The van der Waals surface area contributed by atoms with Crippen LogP contribution in [0.4, 0.5) is 4.39 Å². The van der Waals surface area contributed by atoms with Gasteiger partial charge in [0.25, 0.3) is 5.91 Å². The third kappa shape index (κ3) is 2.31. The molecule has 4 heteroatoms. The lowest BCUT2D eigenvalue weighted by molar-refractivity contribution is -0.149. The lowest BCUT2D eigenvalue weighted by Gasteiger charge is -2.28. The van der Waals surface area contributed by atoms with E-state index in [2.05, 4.69) is 0 Å². The van der Waals surface area contributed by atoms with Crippen LogP contribution in [0.2, 0.25) is 0 Å². The molecule has 1 fully saturated rings. The predicted octanol–water partition coefficient (Wildman–Crippen LogP) is 1.66. The van der Waals surface area contributed by atoms with Gasteiger partial charge in [-0.25, -0.2) is 4.39 Å². The predicted molar refractivity (Wildman–Crippen MR) is 61.8 cm³/mol. The van der Waals surface area contributed by atoms with Gasteiger partial charge in [-0.2, -0.15) is 0 Å². The van der Waals surface area contributed by atoms with Crippen LogP contribution in [0, 0.1) is 5.82 Å². The van der Waals surface area contributed by atoms with Gasteiger partial charge in [0.05, 0.1) is 0 Å². The molecule has 1 aliphatic rings. The number of nitrogens with zero attached hydrogens (tertiary/aromatic N) is 1. The SMILES string of the molecule is CC(O)(C(=O)N1CCCC1)c1ccc(F)cc1. The summed E-state index contributed by atoms with van der Waals surface area (Å²) >= 11 is 0. The Labute approximate surface area is 99.9 Å². The minimum Gasteiger partial charge on any atom is -0.376 e. The average Bonchev–Trinajstić information content (AvgIpc) is 2.82. The summed E-state index contributed by atoms with van der Waals surface area (Å²) in [5.41, 5.74) is -1.14. The number of carbonyl (C=O) groups excluding carboxylic acids is 1. The summed E-state index contributed by atoms with van der Waals surface area (Å²) in [6, 6.07) is 5.40. The van der Waals surface area contributed by atoms with Crippen LogP contribution in [0.5, 0.6) is 0 Å². The molecule has 1 amide bonds. The Morgan fingerprint density at radius 1 is 1.29 bits per heavy atom. The highest BCUT2D eigenvalue weighted by Gasteiger charge is 2.36. The van der Waals surface area contributed by atoms with Crippen LogP contribution in [0.25, 0.3) is 0 Å². The van der Waals surface area contributed by atoms with Gasteiger partial charge in [-0.1, -0.05) is 12.1 Å². The molecule has 0 radical (unpaired) electrons. The van der Waals surface area contributed by atoms with Crippen LogP contribution in [-0.2, 0) is 10.4 Å². The quantitative estimate of drug-likeness (QED) is 0.849. The van der Waals surface area contributed by atoms with E-state index < -0.39 is 5.60 Å². The van der Waals surface area contributed by atoms with Gasteiger partial charge < -0.3 is 10.0 Å². The summed E-state index contributed by atoms with van der Waals surface area (Å²) in [7, 11) is 0. The van der Waals surface area contributed by atoms with Gasteiger partial charge in [-0.05, 0) is 37.5 Å². The van der Waals surface area contributed by atoms with Gasteiger partial charge in [-0.3, -0.25) is 4.79 Å². The van der Waals surface area contributed by atoms with Crippen molar-refractivity contribution < 1.29 is 14.3 Å². The summed E-state index contributed by atoms with van der Waals surface area (Å²) in [6.07, 6.45) is 1.95. The molecule has 0 saturated carbocycles. The van der Waals surface area contributed by atoms with Crippen LogP contribution in [-0.4, -0.2) is 29.0 Å². The Balaban J connectivity index is 2.22. The fourth-order valence-electron chi connectivity index (χ4n) is 2.13. The van der Waals surface area contributed by atoms with E-state index in [1.807, 2.05) is 0 Å². The number of rotatable bonds is 2. The number of hydrogen-bond donors (Lipinski definition) is 1. The monoisotopic (exact) mass is 237 g/mol. The van der Waals surface area contributed by atoms with Crippen molar-refractivity contribution in [1.29, 1.82) is 0 Å². The number of benzene rings is 1. The maximum atomic E-state index is 12.8. The van der Waals surface area contributed by atoms with Gasteiger partial charge >= 0.3 is 0 Å². The van der Waals surface area contributed by atoms with Gasteiger partial charge in [0.15, 0.2) is 5.60 Å². The fourth-order valence-corrected chi connectivity index (χ4v) is 2.13. The van der Waals surface area contributed by atoms with Crippen molar-refractivity contribution in [1.82, 2.24) is 4.90 Å². The second-order valence-electron chi connectivity index (χ2n) is 4.58. The van der Waals surface area contributed by atoms with Gasteiger partial charge in [0, 0.05) is 13.1 Å². The topological polar surface area (TPSA) is 40.5 Å². The van der Waals surface area contributed by atoms with Gasteiger partial charge in [0.2, 0.25) is 0 Å². The van der Waals surface area contributed by atoms with E-state index in [4.69, 9.17) is 0 Å². The van der Waals surface area contributed by atoms with Crippen molar-refractivity contribution in [2.45, 2.75) is 25.4 Å². The molecule has 1 unspecified atom stereocenters. The van der Waals surface area contributed by atoms with Crippen molar-refractivity contribution >= 4 is 5.91 Å². The molecule has 1 saturated heterocycles. The fraction of sp³-hybridized carbons (Fsp3) is 0.462. The molecule has 1 aromatic rings. The van der Waals surface area contributed by atoms with Crippen LogP contribution >= 0.6 is 0 Å². The summed E-state index contributed by atoms with van der Waals surface area (Å²) in [6.45, 7) is 2.84. The molecule has 1 aromatic carbocycles. The molecule has 1 heterocycles. The first-order valence-corrected chi connectivity index (χ1v) is 5.79. The molecular weight excluding hydrogens is 221 g/mol. The highest BCUT2D eigenvalue weighted by Crippen LogP contribution is 2.25. The van der Waals surface area contributed by atoms with E-state index in [9.17, 15) is 14.3 Å². The summed E-state index contributed by atoms with van der Waals surface area (Å²) in [4.78, 5) is 13.8. The Morgan fingerprint density at radius 2 is 1.82 bits per heavy atom.